The quantitative estimate of drug-likeness (QED) is 0.601. The van der Waals surface area contributed by atoms with Gasteiger partial charge in [-0.1, -0.05) is 18.2 Å². The summed E-state index contributed by atoms with van der Waals surface area (Å²) in [6.45, 7) is 2.60. The minimum Gasteiger partial charge on any atom is -0.462 e. The fourth-order valence-electron chi connectivity index (χ4n) is 1.99. The van der Waals surface area contributed by atoms with Crippen LogP contribution in [0, 0.1) is 0 Å². The number of para-hydroxylation sites is 1. The SMILES string of the molecule is CC(C)OC(=O)[C@H](C)N[P@](=S)(Oc1ccccc1)[n+]1ccn(C)c1. The van der Waals surface area contributed by atoms with Gasteiger partial charge in [-0.2, -0.15) is 4.34 Å². The normalized spacial score (nSPS) is 14.9. The molecule has 0 aliphatic heterocycles. The zero-order valence-electron chi connectivity index (χ0n) is 14.2. The van der Waals surface area contributed by atoms with Gasteiger partial charge in [0.15, 0.2) is 0 Å². The van der Waals surface area contributed by atoms with Gasteiger partial charge in [0.25, 0.3) is 0 Å². The molecule has 0 aliphatic carbocycles. The predicted molar refractivity (Wildman–Crippen MR) is 96.2 cm³/mol. The molecule has 0 saturated heterocycles. The molecule has 8 heteroatoms. The van der Waals surface area contributed by atoms with E-state index >= 15 is 0 Å². The van der Waals surface area contributed by atoms with Crippen molar-refractivity contribution in [1.29, 1.82) is 0 Å². The van der Waals surface area contributed by atoms with Crippen molar-refractivity contribution in [1.82, 2.24) is 9.65 Å². The highest BCUT2D eigenvalue weighted by Gasteiger charge is 2.33. The summed E-state index contributed by atoms with van der Waals surface area (Å²) in [4.78, 5) is 12.1. The van der Waals surface area contributed by atoms with Crippen molar-refractivity contribution < 1.29 is 18.4 Å². The summed E-state index contributed by atoms with van der Waals surface area (Å²) < 4.78 is 15.0. The number of esters is 1. The summed E-state index contributed by atoms with van der Waals surface area (Å²) in [6.07, 6.45) is 5.35. The summed E-state index contributed by atoms with van der Waals surface area (Å²) in [5, 5.41) is 3.16. The van der Waals surface area contributed by atoms with Gasteiger partial charge in [0.2, 0.25) is 6.33 Å². The van der Waals surface area contributed by atoms with Crippen molar-refractivity contribution in [2.45, 2.75) is 32.9 Å². The van der Waals surface area contributed by atoms with Crippen LogP contribution >= 0.6 is 6.57 Å². The number of benzene rings is 1. The molecule has 2 rings (SSSR count). The van der Waals surface area contributed by atoms with Gasteiger partial charge in [0, 0.05) is 11.8 Å². The maximum Gasteiger partial charge on any atom is 0.367 e. The van der Waals surface area contributed by atoms with Crippen LogP contribution < -0.4 is 13.9 Å². The Morgan fingerprint density at radius 1 is 1.29 bits per heavy atom. The highest BCUT2D eigenvalue weighted by molar-refractivity contribution is 8.08. The van der Waals surface area contributed by atoms with E-state index in [0.717, 1.165) is 0 Å². The Balaban J connectivity index is 2.26. The zero-order valence-corrected chi connectivity index (χ0v) is 16.0. The van der Waals surface area contributed by atoms with E-state index < -0.39 is 12.6 Å². The molecule has 1 heterocycles. The second kappa shape index (κ2) is 7.92. The van der Waals surface area contributed by atoms with Crippen molar-refractivity contribution in [3.8, 4) is 5.75 Å². The summed E-state index contributed by atoms with van der Waals surface area (Å²) in [5.41, 5.74) is 0. The molecule has 0 bridgehead atoms. The van der Waals surface area contributed by atoms with Crippen LogP contribution in [-0.2, 0) is 28.4 Å². The molecule has 1 N–H and O–H groups in total. The first-order valence-electron chi connectivity index (χ1n) is 7.67. The predicted octanol–water partition coefficient (Wildman–Crippen LogP) is 2.39. The Hall–Kier alpha value is -1.69. The molecule has 0 fully saturated rings. The molecule has 0 aliphatic rings. The van der Waals surface area contributed by atoms with E-state index in [-0.39, 0.29) is 12.1 Å². The summed E-state index contributed by atoms with van der Waals surface area (Å²) in [7, 11) is 1.90. The topological polar surface area (TPSA) is 56.4 Å². The van der Waals surface area contributed by atoms with Crippen molar-refractivity contribution >= 4 is 24.3 Å². The van der Waals surface area contributed by atoms with Gasteiger partial charge < -0.3 is 9.26 Å². The number of carbonyl (C=O) groups excluding carboxylic acids is 1. The van der Waals surface area contributed by atoms with E-state index in [1.807, 2.05) is 74.5 Å². The number of hydrogen-bond acceptors (Lipinski definition) is 4. The van der Waals surface area contributed by atoms with Crippen LogP contribution in [0.1, 0.15) is 20.8 Å². The lowest BCUT2D eigenvalue weighted by Gasteiger charge is -2.23. The fourth-order valence-corrected chi connectivity index (χ4v) is 4.83. The number of imidazole rings is 1. The van der Waals surface area contributed by atoms with Gasteiger partial charge in [-0.25, -0.2) is 9.65 Å². The minimum absolute atomic E-state index is 0.181. The van der Waals surface area contributed by atoms with Crippen molar-refractivity contribution in [2.24, 2.45) is 7.05 Å². The first-order valence-corrected chi connectivity index (χ1v) is 10.3. The Morgan fingerprint density at radius 2 is 1.96 bits per heavy atom. The van der Waals surface area contributed by atoms with Gasteiger partial charge in [0.1, 0.15) is 24.2 Å². The van der Waals surface area contributed by atoms with E-state index in [4.69, 9.17) is 21.1 Å². The lowest BCUT2D eigenvalue weighted by Crippen LogP contribution is -2.45. The average molecular weight is 368 g/mol. The largest absolute Gasteiger partial charge is 0.462 e. The molecule has 6 nitrogen and oxygen atoms in total. The number of carbonyl (C=O) groups is 1. The number of aryl methyl sites for hydroxylation is 1. The van der Waals surface area contributed by atoms with E-state index in [0.29, 0.717) is 5.75 Å². The highest BCUT2D eigenvalue weighted by Crippen LogP contribution is 2.38. The van der Waals surface area contributed by atoms with Gasteiger partial charge in [-0.05, 0) is 32.9 Å². The first kappa shape index (κ1) is 18.6. The Bertz CT molecular complexity index is 733. The van der Waals surface area contributed by atoms with Crippen LogP contribution in [0.5, 0.6) is 5.75 Å². The summed E-state index contributed by atoms with van der Waals surface area (Å²) in [5.74, 6) is 0.293. The molecule has 130 valence electrons. The third-order valence-corrected chi connectivity index (χ3v) is 6.22. The number of aromatic nitrogens is 2. The van der Waals surface area contributed by atoms with Crippen molar-refractivity contribution in [3.63, 3.8) is 0 Å². The van der Waals surface area contributed by atoms with Crippen molar-refractivity contribution in [2.75, 3.05) is 0 Å². The molecule has 0 spiro atoms. The Kier molecular flexibility index (Phi) is 6.15. The van der Waals surface area contributed by atoms with E-state index in [1.165, 1.54) is 0 Å². The van der Waals surface area contributed by atoms with Crippen LogP contribution in [0.2, 0.25) is 0 Å². The highest BCUT2D eigenvalue weighted by atomic mass is 32.4. The average Bonchev–Trinajstić information content (AvgIpc) is 2.95. The molecule has 0 amide bonds. The zero-order chi connectivity index (χ0) is 17.7. The fraction of sp³-hybridized carbons (Fsp3) is 0.375. The molecule has 2 aromatic rings. The molecular weight excluding hydrogens is 345 g/mol. The van der Waals surface area contributed by atoms with Crippen molar-refractivity contribution in [3.05, 3.63) is 49.1 Å². The van der Waals surface area contributed by atoms with Gasteiger partial charge >= 0.3 is 12.5 Å². The number of nitrogens with zero attached hydrogens (tertiary/aromatic N) is 2. The third-order valence-electron chi connectivity index (χ3n) is 3.09. The van der Waals surface area contributed by atoms with Crippen LogP contribution in [0.25, 0.3) is 0 Å². The van der Waals surface area contributed by atoms with Gasteiger partial charge in [-0.15, -0.1) is 0 Å². The third kappa shape index (κ3) is 4.90. The standard InChI is InChI=1S/C16H23N3O3PS/c1-13(2)21-16(20)14(3)17-23(24,19-11-10-18(4)12-19)22-15-8-6-5-7-9-15/h5-14H,1-4H3,(H,17,24)/q+1/t14-,23+/m0/s1. The van der Waals surface area contributed by atoms with E-state index in [9.17, 15) is 4.79 Å². The lowest BCUT2D eigenvalue weighted by atomic mass is 10.3. The van der Waals surface area contributed by atoms with Gasteiger partial charge in [-0.3, -0.25) is 4.79 Å². The minimum atomic E-state index is -2.75. The Morgan fingerprint density at radius 3 is 2.50 bits per heavy atom. The van der Waals surface area contributed by atoms with Crippen LogP contribution in [0.15, 0.2) is 49.1 Å². The smallest absolute Gasteiger partial charge is 0.367 e. The molecule has 0 saturated carbocycles. The van der Waals surface area contributed by atoms with Crippen LogP contribution in [0.3, 0.4) is 0 Å². The molecule has 0 unspecified atom stereocenters. The maximum absolute atomic E-state index is 12.1. The number of rotatable bonds is 7. The van der Waals surface area contributed by atoms with Crippen LogP contribution in [-0.4, -0.2) is 22.7 Å². The van der Waals surface area contributed by atoms with E-state index in [1.54, 1.807) is 11.3 Å². The molecule has 1 aromatic carbocycles. The second-order valence-corrected chi connectivity index (χ2v) is 9.15. The number of hydrogen-bond donors (Lipinski definition) is 1. The van der Waals surface area contributed by atoms with E-state index in [2.05, 4.69) is 5.09 Å². The molecule has 2 atom stereocenters. The first-order chi connectivity index (χ1) is 11.3. The molecule has 24 heavy (non-hydrogen) atoms. The Labute approximate surface area is 147 Å². The lowest BCUT2D eigenvalue weighted by molar-refractivity contribution is -0.521. The van der Waals surface area contributed by atoms with Gasteiger partial charge in [0.05, 0.1) is 13.2 Å². The molecular formula is C16H23N3O3PS+. The monoisotopic (exact) mass is 368 g/mol. The van der Waals surface area contributed by atoms with Crippen LogP contribution in [0.4, 0.5) is 0 Å². The molecule has 1 aromatic heterocycles. The number of nitrogens with one attached hydrogen (secondary N) is 1. The second-order valence-electron chi connectivity index (χ2n) is 5.72. The summed E-state index contributed by atoms with van der Waals surface area (Å²) >= 11 is 5.79. The summed E-state index contributed by atoms with van der Waals surface area (Å²) in [6, 6.07) is 8.74. The maximum atomic E-state index is 12.1. The number of ether oxygens (including phenoxy) is 1. The molecule has 0 radical (unpaired) electrons.